The lowest BCUT2D eigenvalue weighted by Crippen LogP contribution is -2.38. The van der Waals surface area contributed by atoms with Crippen molar-refractivity contribution in [2.75, 3.05) is 39.5 Å². The summed E-state index contributed by atoms with van der Waals surface area (Å²) in [6.45, 7) is 3.70. The van der Waals surface area contributed by atoms with E-state index in [0.29, 0.717) is 32.6 Å². The van der Waals surface area contributed by atoms with Gasteiger partial charge in [0.05, 0.1) is 18.8 Å². The van der Waals surface area contributed by atoms with Gasteiger partial charge in [-0.3, -0.25) is 4.90 Å². The molecule has 176 valence electrons. The first-order valence-electron chi connectivity index (χ1n) is 11.3. The minimum atomic E-state index is -1.00. The van der Waals surface area contributed by atoms with E-state index < -0.39 is 23.5 Å². The summed E-state index contributed by atoms with van der Waals surface area (Å²) in [7, 11) is 0. The molecule has 0 atom stereocenters. The van der Waals surface area contributed by atoms with Crippen molar-refractivity contribution in [2.24, 2.45) is 0 Å². The highest BCUT2D eigenvalue weighted by atomic mass is 19.1. The summed E-state index contributed by atoms with van der Waals surface area (Å²) in [5.74, 6) is -1.75. The Labute approximate surface area is 192 Å². The Balaban J connectivity index is 1.37. The highest BCUT2D eigenvalue weighted by Crippen LogP contribution is 2.42. The number of carbonyl (C=O) groups excluding carboxylic acids is 2. The fourth-order valence-corrected chi connectivity index (χ4v) is 4.29. The molecule has 0 aromatic heterocycles. The highest BCUT2D eigenvalue weighted by Gasteiger charge is 2.40. The second kappa shape index (κ2) is 10.8. The van der Waals surface area contributed by atoms with Gasteiger partial charge in [0, 0.05) is 19.6 Å². The smallest absolute Gasteiger partial charge is 0.461 e. The lowest BCUT2D eigenvalue weighted by Gasteiger charge is -2.29. The third-order valence-corrected chi connectivity index (χ3v) is 6.09. The molecule has 2 aromatic carbocycles. The molecule has 1 saturated carbocycles. The van der Waals surface area contributed by atoms with Crippen LogP contribution < -0.4 is 4.74 Å². The van der Waals surface area contributed by atoms with Gasteiger partial charge < -0.3 is 18.9 Å². The van der Waals surface area contributed by atoms with Crippen molar-refractivity contribution in [2.45, 2.75) is 31.3 Å². The average molecular weight is 457 g/mol. The molecule has 0 bridgehead atoms. The van der Waals surface area contributed by atoms with E-state index >= 15 is 0 Å². The zero-order chi connectivity index (χ0) is 23.1. The minimum absolute atomic E-state index is 0.0971. The van der Waals surface area contributed by atoms with Crippen LogP contribution in [0.5, 0.6) is 5.75 Å². The Morgan fingerprint density at radius 3 is 2.48 bits per heavy atom. The number of hydrogen-bond acceptors (Lipinski definition) is 7. The van der Waals surface area contributed by atoms with E-state index in [0.717, 1.165) is 43.6 Å². The van der Waals surface area contributed by atoms with Crippen molar-refractivity contribution in [3.63, 3.8) is 0 Å². The van der Waals surface area contributed by atoms with Gasteiger partial charge in [-0.2, -0.15) is 0 Å². The topological polar surface area (TPSA) is 74.3 Å². The zero-order valence-electron chi connectivity index (χ0n) is 18.5. The summed E-state index contributed by atoms with van der Waals surface area (Å²) >= 11 is 0. The van der Waals surface area contributed by atoms with E-state index in [1.165, 1.54) is 6.07 Å². The van der Waals surface area contributed by atoms with Crippen LogP contribution in [0.15, 0.2) is 48.5 Å². The van der Waals surface area contributed by atoms with E-state index in [2.05, 4.69) is 4.90 Å². The van der Waals surface area contributed by atoms with Crippen LogP contribution in [-0.2, 0) is 19.8 Å². The maximum atomic E-state index is 14.3. The number of morpholine rings is 1. The Hall–Kier alpha value is -2.97. The van der Waals surface area contributed by atoms with Crippen molar-refractivity contribution in [1.29, 1.82) is 0 Å². The average Bonchev–Trinajstić information content (AvgIpc) is 3.31. The van der Waals surface area contributed by atoms with Gasteiger partial charge in [-0.1, -0.05) is 30.3 Å². The van der Waals surface area contributed by atoms with Gasteiger partial charge in [0.15, 0.2) is 11.6 Å². The molecular formula is C25H28FNO6. The van der Waals surface area contributed by atoms with Gasteiger partial charge in [0.1, 0.15) is 12.2 Å². The van der Waals surface area contributed by atoms with Gasteiger partial charge in [-0.15, -0.1) is 0 Å². The number of esters is 1. The quantitative estimate of drug-likeness (QED) is 0.453. The van der Waals surface area contributed by atoms with Crippen LogP contribution in [-0.4, -0.2) is 56.5 Å². The van der Waals surface area contributed by atoms with Gasteiger partial charge in [0.2, 0.25) is 0 Å². The molecule has 1 saturated heterocycles. The summed E-state index contributed by atoms with van der Waals surface area (Å²) in [6.07, 6.45) is 2.18. The van der Waals surface area contributed by atoms with E-state index in [9.17, 15) is 14.0 Å². The molecule has 0 amide bonds. The molecule has 8 heteroatoms. The standard InChI is InChI=1S/C25H28FNO6/c26-21-9-8-19(23(28)31-17-14-27-12-15-30-16-13-27)18-22(21)32-24(29)33-25(10-4-5-11-25)20-6-2-1-3-7-20/h1-3,6-9,18H,4-5,10-17H2. The first kappa shape index (κ1) is 23.2. The van der Waals surface area contributed by atoms with E-state index in [4.69, 9.17) is 18.9 Å². The molecule has 1 aliphatic heterocycles. The third-order valence-electron chi connectivity index (χ3n) is 6.09. The van der Waals surface area contributed by atoms with Crippen molar-refractivity contribution >= 4 is 12.1 Å². The summed E-state index contributed by atoms with van der Waals surface area (Å²) < 4.78 is 35.8. The predicted molar refractivity (Wildman–Crippen MR) is 118 cm³/mol. The fourth-order valence-electron chi connectivity index (χ4n) is 4.29. The second-order valence-corrected chi connectivity index (χ2v) is 8.26. The molecule has 1 heterocycles. The number of hydrogen-bond donors (Lipinski definition) is 0. The first-order chi connectivity index (χ1) is 16.1. The number of carbonyl (C=O) groups is 2. The molecule has 2 aliphatic rings. The van der Waals surface area contributed by atoms with Crippen LogP contribution in [0.25, 0.3) is 0 Å². The number of nitrogens with zero attached hydrogens (tertiary/aromatic N) is 1. The molecule has 4 rings (SSSR count). The molecule has 2 fully saturated rings. The molecule has 0 unspecified atom stereocenters. The Kier molecular flexibility index (Phi) is 7.57. The molecular weight excluding hydrogens is 429 g/mol. The van der Waals surface area contributed by atoms with E-state index in [1.54, 1.807) is 0 Å². The summed E-state index contributed by atoms with van der Waals surface area (Å²) in [4.78, 5) is 27.1. The fraction of sp³-hybridized carbons (Fsp3) is 0.440. The van der Waals surface area contributed by atoms with Crippen LogP contribution in [0, 0.1) is 5.82 Å². The third kappa shape index (κ3) is 5.89. The highest BCUT2D eigenvalue weighted by molar-refractivity contribution is 5.90. The van der Waals surface area contributed by atoms with Gasteiger partial charge >= 0.3 is 12.1 Å². The summed E-state index contributed by atoms with van der Waals surface area (Å²) in [6, 6.07) is 13.0. The number of benzene rings is 2. The van der Waals surface area contributed by atoms with Crippen LogP contribution in [0.4, 0.5) is 9.18 Å². The van der Waals surface area contributed by atoms with Crippen LogP contribution in [0.1, 0.15) is 41.6 Å². The van der Waals surface area contributed by atoms with Crippen LogP contribution in [0.3, 0.4) is 0 Å². The lowest BCUT2D eigenvalue weighted by atomic mass is 9.92. The molecule has 7 nitrogen and oxygen atoms in total. The Morgan fingerprint density at radius 2 is 1.76 bits per heavy atom. The SMILES string of the molecule is O=C(Oc1cc(C(=O)OCCN2CCOCC2)ccc1F)OC1(c2ccccc2)CCCC1. The molecule has 2 aromatic rings. The second-order valence-electron chi connectivity index (χ2n) is 8.26. The van der Waals surface area contributed by atoms with Crippen molar-refractivity contribution in [1.82, 2.24) is 4.90 Å². The largest absolute Gasteiger partial charge is 0.514 e. The molecule has 0 N–H and O–H groups in total. The molecule has 33 heavy (non-hydrogen) atoms. The molecule has 0 spiro atoms. The van der Waals surface area contributed by atoms with Crippen LogP contribution in [0.2, 0.25) is 0 Å². The number of halogens is 1. The van der Waals surface area contributed by atoms with Gasteiger partial charge in [-0.05, 0) is 49.4 Å². The Bertz CT molecular complexity index is 955. The monoisotopic (exact) mass is 457 g/mol. The summed E-state index contributed by atoms with van der Waals surface area (Å²) in [5.41, 5.74) is 0.197. The zero-order valence-corrected chi connectivity index (χ0v) is 18.5. The van der Waals surface area contributed by atoms with E-state index in [1.807, 2.05) is 30.3 Å². The first-order valence-corrected chi connectivity index (χ1v) is 11.3. The lowest BCUT2D eigenvalue weighted by molar-refractivity contribution is -0.0145. The van der Waals surface area contributed by atoms with Crippen molar-refractivity contribution in [3.8, 4) is 5.75 Å². The van der Waals surface area contributed by atoms with Crippen LogP contribution >= 0.6 is 0 Å². The predicted octanol–water partition coefficient (Wildman–Crippen LogP) is 4.30. The molecule has 1 aliphatic carbocycles. The van der Waals surface area contributed by atoms with Gasteiger partial charge in [0.25, 0.3) is 0 Å². The number of rotatable bonds is 7. The number of ether oxygens (including phenoxy) is 4. The van der Waals surface area contributed by atoms with E-state index in [-0.39, 0.29) is 17.9 Å². The molecule has 0 radical (unpaired) electrons. The minimum Gasteiger partial charge on any atom is -0.461 e. The van der Waals surface area contributed by atoms with Crippen molar-refractivity contribution in [3.05, 3.63) is 65.5 Å². The summed E-state index contributed by atoms with van der Waals surface area (Å²) in [5, 5.41) is 0. The normalized spacial score (nSPS) is 18.0. The van der Waals surface area contributed by atoms with Gasteiger partial charge in [-0.25, -0.2) is 14.0 Å². The maximum Gasteiger partial charge on any atom is 0.514 e. The van der Waals surface area contributed by atoms with Crippen molar-refractivity contribution < 1.29 is 32.9 Å². The Morgan fingerprint density at radius 1 is 1.03 bits per heavy atom. The maximum absolute atomic E-state index is 14.3.